The molecule has 3 aliphatic rings. The van der Waals surface area contributed by atoms with E-state index in [1.165, 1.54) is 28.8 Å². The molecule has 0 bridgehead atoms. The van der Waals surface area contributed by atoms with Crippen LogP contribution in [-0.2, 0) is 5.54 Å². The molecule has 2 saturated carbocycles. The van der Waals surface area contributed by atoms with E-state index in [0.717, 1.165) is 36.2 Å². The van der Waals surface area contributed by atoms with Gasteiger partial charge in [-0.15, -0.1) is 0 Å². The van der Waals surface area contributed by atoms with Crippen LogP contribution in [0.25, 0.3) is 16.7 Å². The first-order valence-corrected chi connectivity index (χ1v) is 13.5. The molecule has 184 valence electrons. The Bertz CT molecular complexity index is 1190. The molecule has 0 radical (unpaired) electrons. The summed E-state index contributed by atoms with van der Waals surface area (Å²) in [6, 6.07) is 13.1. The molecule has 2 fully saturated rings. The minimum absolute atomic E-state index is 0.193. The molecule has 0 spiro atoms. The van der Waals surface area contributed by atoms with Crippen LogP contribution in [0.3, 0.4) is 0 Å². The Morgan fingerprint density at radius 2 is 1.91 bits per heavy atom. The van der Waals surface area contributed by atoms with Gasteiger partial charge in [-0.05, 0) is 73.1 Å². The third kappa shape index (κ3) is 4.33. The molecule has 2 aromatic rings. The molecule has 3 nitrogen and oxygen atoms in total. The van der Waals surface area contributed by atoms with E-state index in [9.17, 15) is 0 Å². The Hall–Kier alpha value is -2.52. The summed E-state index contributed by atoms with van der Waals surface area (Å²) >= 11 is 0. The fourth-order valence-electron chi connectivity index (χ4n) is 6.82. The number of allylic oxidation sites excluding steroid dienone is 3. The summed E-state index contributed by atoms with van der Waals surface area (Å²) in [5, 5.41) is 0. The van der Waals surface area contributed by atoms with Crippen molar-refractivity contribution in [3.63, 3.8) is 0 Å². The normalized spacial score (nSPS) is 26.9. The Labute approximate surface area is 211 Å². The molecule has 1 aromatic heterocycles. The zero-order chi connectivity index (χ0) is 25.0. The summed E-state index contributed by atoms with van der Waals surface area (Å²) in [5.74, 6) is 2.28. The van der Waals surface area contributed by atoms with E-state index in [2.05, 4.69) is 90.1 Å². The summed E-state index contributed by atoms with van der Waals surface area (Å²) < 4.78 is 0. The van der Waals surface area contributed by atoms with Gasteiger partial charge in [-0.1, -0.05) is 71.0 Å². The standard InChI is InChI=1S/C32H41N3/c1-7-21-17-27(35-30-26(21)18-31(5,6)29(30)20(3)4)25(8-2)23-11-9-10-22(16-23)24-12-13-28(34-19-24)32(33)14-15-32/h8-13,16-17,19-21,26,29H,7,14-15,18,33H2,1-6H3/b25-8+. The van der Waals surface area contributed by atoms with E-state index in [0.29, 0.717) is 29.1 Å². The van der Waals surface area contributed by atoms with Crippen LogP contribution in [0.15, 0.2) is 65.4 Å². The molecule has 5 rings (SSSR count). The van der Waals surface area contributed by atoms with Crippen molar-refractivity contribution in [2.24, 2.45) is 39.8 Å². The molecule has 1 aliphatic heterocycles. The lowest BCUT2D eigenvalue weighted by atomic mass is 9.75. The number of benzene rings is 1. The molecule has 0 amide bonds. The number of aliphatic imine (C=N–C) groups is 1. The fraction of sp³-hybridized carbons (Fsp3) is 0.500. The lowest BCUT2D eigenvalue weighted by Gasteiger charge is -2.31. The number of nitrogens with zero attached hydrogens (tertiary/aromatic N) is 2. The summed E-state index contributed by atoms with van der Waals surface area (Å²) in [6.07, 6.45) is 11.1. The van der Waals surface area contributed by atoms with E-state index in [-0.39, 0.29) is 5.54 Å². The smallest absolute Gasteiger partial charge is 0.0667 e. The summed E-state index contributed by atoms with van der Waals surface area (Å²) in [5.41, 5.74) is 14.8. The molecular weight excluding hydrogens is 426 g/mol. The van der Waals surface area contributed by atoms with Gasteiger partial charge in [0.2, 0.25) is 0 Å². The van der Waals surface area contributed by atoms with Crippen LogP contribution in [0.1, 0.15) is 78.5 Å². The quantitative estimate of drug-likeness (QED) is 0.471. The van der Waals surface area contributed by atoms with Gasteiger partial charge in [0.1, 0.15) is 0 Å². The Kier molecular flexibility index (Phi) is 6.12. The van der Waals surface area contributed by atoms with Crippen LogP contribution in [0.5, 0.6) is 0 Å². The highest BCUT2D eigenvalue weighted by atomic mass is 14.9. The van der Waals surface area contributed by atoms with E-state index >= 15 is 0 Å². The molecule has 2 heterocycles. The minimum atomic E-state index is -0.193. The van der Waals surface area contributed by atoms with Crippen LogP contribution in [0.4, 0.5) is 0 Å². The first kappa shape index (κ1) is 24.2. The van der Waals surface area contributed by atoms with Gasteiger partial charge in [0.25, 0.3) is 0 Å². The van der Waals surface area contributed by atoms with Crippen LogP contribution in [0, 0.1) is 29.1 Å². The van der Waals surface area contributed by atoms with Crippen LogP contribution in [0.2, 0.25) is 0 Å². The Morgan fingerprint density at radius 1 is 1.14 bits per heavy atom. The highest BCUT2D eigenvalue weighted by Gasteiger charge is 2.49. The number of hydrogen-bond acceptors (Lipinski definition) is 3. The van der Waals surface area contributed by atoms with Gasteiger partial charge >= 0.3 is 0 Å². The molecule has 1 aromatic carbocycles. The molecule has 3 unspecified atom stereocenters. The third-order valence-corrected chi connectivity index (χ3v) is 8.70. The summed E-state index contributed by atoms with van der Waals surface area (Å²) in [7, 11) is 0. The SMILES string of the molecule is C/C=C(/C1=CC(CC)C2CC(C)(C)C(C(C)C)C2=N1)c1cccc(-c2ccc(C3(N)CC3)nc2)c1. The van der Waals surface area contributed by atoms with Crippen molar-refractivity contribution in [3.8, 4) is 11.1 Å². The van der Waals surface area contributed by atoms with Crippen molar-refractivity contribution >= 4 is 11.3 Å². The number of rotatable bonds is 6. The Balaban J connectivity index is 1.49. The van der Waals surface area contributed by atoms with E-state index in [1.54, 1.807) is 0 Å². The van der Waals surface area contributed by atoms with Gasteiger partial charge in [-0.3, -0.25) is 9.98 Å². The first-order valence-electron chi connectivity index (χ1n) is 13.5. The predicted octanol–water partition coefficient (Wildman–Crippen LogP) is 7.78. The van der Waals surface area contributed by atoms with Crippen molar-refractivity contribution < 1.29 is 0 Å². The van der Waals surface area contributed by atoms with Crippen LogP contribution in [-0.4, -0.2) is 10.7 Å². The minimum Gasteiger partial charge on any atom is -0.320 e. The van der Waals surface area contributed by atoms with Gasteiger partial charge in [0, 0.05) is 34.9 Å². The van der Waals surface area contributed by atoms with Gasteiger partial charge in [-0.2, -0.15) is 0 Å². The van der Waals surface area contributed by atoms with Crippen molar-refractivity contribution in [2.45, 2.75) is 72.8 Å². The van der Waals surface area contributed by atoms with E-state index in [1.807, 2.05) is 6.20 Å². The van der Waals surface area contributed by atoms with E-state index in [4.69, 9.17) is 15.7 Å². The average molecular weight is 468 g/mol. The van der Waals surface area contributed by atoms with Crippen LogP contribution >= 0.6 is 0 Å². The molecule has 2 N–H and O–H groups in total. The monoisotopic (exact) mass is 467 g/mol. The topological polar surface area (TPSA) is 51.3 Å². The molecule has 0 saturated heterocycles. The first-order chi connectivity index (χ1) is 16.7. The van der Waals surface area contributed by atoms with Crippen molar-refractivity contribution in [2.75, 3.05) is 0 Å². The summed E-state index contributed by atoms with van der Waals surface area (Å²) in [4.78, 5) is 10.1. The zero-order valence-electron chi connectivity index (χ0n) is 22.3. The highest BCUT2D eigenvalue weighted by molar-refractivity contribution is 5.97. The lowest BCUT2D eigenvalue weighted by Crippen LogP contribution is -2.30. The Morgan fingerprint density at radius 3 is 2.51 bits per heavy atom. The van der Waals surface area contributed by atoms with Gasteiger partial charge < -0.3 is 5.73 Å². The van der Waals surface area contributed by atoms with Gasteiger partial charge in [-0.25, -0.2) is 0 Å². The third-order valence-electron chi connectivity index (χ3n) is 8.70. The lowest BCUT2D eigenvalue weighted by molar-refractivity contribution is 0.224. The number of nitrogens with two attached hydrogens (primary N) is 1. The van der Waals surface area contributed by atoms with Crippen molar-refractivity contribution in [1.82, 2.24) is 4.98 Å². The molecule has 2 aliphatic carbocycles. The highest BCUT2D eigenvalue weighted by Crippen LogP contribution is 2.53. The number of aromatic nitrogens is 1. The average Bonchev–Trinajstić information content (AvgIpc) is 3.52. The largest absolute Gasteiger partial charge is 0.320 e. The maximum Gasteiger partial charge on any atom is 0.0667 e. The van der Waals surface area contributed by atoms with Crippen LogP contribution < -0.4 is 5.73 Å². The second-order valence-corrected chi connectivity index (χ2v) is 12.1. The van der Waals surface area contributed by atoms with Gasteiger partial charge in [0.05, 0.1) is 16.9 Å². The van der Waals surface area contributed by atoms with Crippen molar-refractivity contribution in [1.29, 1.82) is 0 Å². The second-order valence-electron chi connectivity index (χ2n) is 12.1. The molecule has 3 atom stereocenters. The van der Waals surface area contributed by atoms with Gasteiger partial charge in [0.15, 0.2) is 0 Å². The number of pyridine rings is 1. The fourth-order valence-corrected chi connectivity index (χ4v) is 6.82. The summed E-state index contributed by atoms with van der Waals surface area (Å²) in [6.45, 7) is 14.1. The van der Waals surface area contributed by atoms with Crippen molar-refractivity contribution in [3.05, 3.63) is 71.7 Å². The maximum absolute atomic E-state index is 6.34. The molecular formula is C32H41N3. The second kappa shape index (κ2) is 8.85. The number of hydrogen-bond donors (Lipinski definition) is 1. The predicted molar refractivity (Wildman–Crippen MR) is 148 cm³/mol. The van der Waals surface area contributed by atoms with E-state index < -0.39 is 0 Å². The molecule has 35 heavy (non-hydrogen) atoms. The molecule has 3 heteroatoms. The zero-order valence-corrected chi connectivity index (χ0v) is 22.3. The maximum atomic E-state index is 6.34. The number of fused-ring (bicyclic) bond motifs is 1.